The van der Waals surface area contributed by atoms with E-state index < -0.39 is 0 Å². The van der Waals surface area contributed by atoms with Gasteiger partial charge in [-0.2, -0.15) is 0 Å². The molecule has 1 aromatic heterocycles. The summed E-state index contributed by atoms with van der Waals surface area (Å²) in [6.45, 7) is 3.76. The van der Waals surface area contributed by atoms with Crippen LogP contribution in [0.25, 0.3) is 11.0 Å². The molecule has 0 saturated carbocycles. The van der Waals surface area contributed by atoms with Crippen LogP contribution in [0, 0.1) is 5.92 Å². The molecule has 2 unspecified atom stereocenters. The Morgan fingerprint density at radius 3 is 2.76 bits per heavy atom. The number of hydrogen-bond acceptors (Lipinski definition) is 4. The van der Waals surface area contributed by atoms with Crippen molar-refractivity contribution in [1.82, 2.24) is 15.0 Å². The van der Waals surface area contributed by atoms with Crippen LogP contribution in [0.5, 0.6) is 0 Å². The first-order valence-electron chi connectivity index (χ1n) is 5.53. The average Bonchev–Trinajstić information content (AvgIpc) is 2.79. The highest BCUT2D eigenvalue weighted by Crippen LogP contribution is 2.22. The number of carbonyl (C=O) groups is 1. The van der Waals surface area contributed by atoms with Crippen molar-refractivity contribution in [3.63, 3.8) is 0 Å². The van der Waals surface area contributed by atoms with E-state index in [9.17, 15) is 4.79 Å². The molecular weight excluding hydrogens is 218 g/mol. The van der Waals surface area contributed by atoms with Crippen molar-refractivity contribution in [2.75, 3.05) is 7.11 Å². The zero-order valence-corrected chi connectivity index (χ0v) is 10.1. The Morgan fingerprint density at radius 2 is 2.06 bits per heavy atom. The van der Waals surface area contributed by atoms with Crippen LogP contribution in [-0.4, -0.2) is 28.1 Å². The standard InChI is InChI=1S/C12H15N3O2/c1-8(12(16)17-3)9(2)15-11-7-5-4-6-10(11)13-14-15/h4-9H,1-3H3. The number of esters is 1. The second-order valence-corrected chi connectivity index (χ2v) is 4.08. The third-order valence-corrected chi connectivity index (χ3v) is 3.06. The first kappa shape index (κ1) is 11.6. The van der Waals surface area contributed by atoms with Crippen LogP contribution in [0.15, 0.2) is 24.3 Å². The van der Waals surface area contributed by atoms with Gasteiger partial charge in [-0.25, -0.2) is 4.68 Å². The van der Waals surface area contributed by atoms with Crippen molar-refractivity contribution >= 4 is 17.0 Å². The molecule has 0 saturated heterocycles. The molecule has 0 amide bonds. The Hall–Kier alpha value is -1.91. The zero-order chi connectivity index (χ0) is 12.4. The maximum Gasteiger partial charge on any atom is 0.310 e. The summed E-state index contributed by atoms with van der Waals surface area (Å²) in [6.07, 6.45) is 0. The molecule has 0 radical (unpaired) electrons. The van der Waals surface area contributed by atoms with E-state index in [1.165, 1.54) is 7.11 Å². The Labute approximate surface area is 99.4 Å². The first-order valence-corrected chi connectivity index (χ1v) is 5.53. The number of rotatable bonds is 3. The SMILES string of the molecule is COC(=O)C(C)C(C)n1nnc2ccccc21. The smallest absolute Gasteiger partial charge is 0.310 e. The normalized spacial score (nSPS) is 14.5. The highest BCUT2D eigenvalue weighted by molar-refractivity contribution is 5.75. The van der Waals surface area contributed by atoms with Crippen LogP contribution in [0.1, 0.15) is 19.9 Å². The topological polar surface area (TPSA) is 57.0 Å². The summed E-state index contributed by atoms with van der Waals surface area (Å²) >= 11 is 0. The first-order chi connectivity index (χ1) is 8.15. The van der Waals surface area contributed by atoms with Gasteiger partial charge in [-0.15, -0.1) is 5.10 Å². The summed E-state index contributed by atoms with van der Waals surface area (Å²) in [5.41, 5.74) is 1.76. The molecule has 2 rings (SSSR count). The lowest BCUT2D eigenvalue weighted by molar-refractivity contribution is -0.146. The number of para-hydroxylation sites is 1. The minimum Gasteiger partial charge on any atom is -0.469 e. The third kappa shape index (κ3) is 2.00. The molecule has 0 bridgehead atoms. The van der Waals surface area contributed by atoms with Crippen molar-refractivity contribution < 1.29 is 9.53 Å². The van der Waals surface area contributed by atoms with E-state index in [1.54, 1.807) is 4.68 Å². The summed E-state index contributed by atoms with van der Waals surface area (Å²) in [6, 6.07) is 7.59. The van der Waals surface area contributed by atoms with Crippen LogP contribution < -0.4 is 0 Å². The zero-order valence-electron chi connectivity index (χ0n) is 10.1. The van der Waals surface area contributed by atoms with E-state index in [0.29, 0.717) is 0 Å². The summed E-state index contributed by atoms with van der Waals surface area (Å²) in [7, 11) is 1.39. The number of nitrogens with zero attached hydrogens (tertiary/aromatic N) is 3. The van der Waals surface area contributed by atoms with Gasteiger partial charge in [0.25, 0.3) is 0 Å². The monoisotopic (exact) mass is 233 g/mol. The van der Waals surface area contributed by atoms with Crippen molar-refractivity contribution in [2.45, 2.75) is 19.9 Å². The fourth-order valence-corrected chi connectivity index (χ4v) is 1.78. The lowest BCUT2D eigenvalue weighted by atomic mass is 10.0. The second kappa shape index (κ2) is 4.53. The molecule has 0 fully saturated rings. The molecule has 90 valence electrons. The molecule has 0 aliphatic heterocycles. The second-order valence-electron chi connectivity index (χ2n) is 4.08. The quantitative estimate of drug-likeness (QED) is 0.758. The van der Waals surface area contributed by atoms with Crippen molar-refractivity contribution in [3.8, 4) is 0 Å². The van der Waals surface area contributed by atoms with E-state index in [0.717, 1.165) is 11.0 Å². The van der Waals surface area contributed by atoms with Crippen LogP contribution in [0.2, 0.25) is 0 Å². The van der Waals surface area contributed by atoms with Crippen LogP contribution >= 0.6 is 0 Å². The number of benzene rings is 1. The molecule has 2 aromatic rings. The minimum atomic E-state index is -0.259. The van der Waals surface area contributed by atoms with Crippen LogP contribution in [-0.2, 0) is 9.53 Å². The predicted molar refractivity (Wildman–Crippen MR) is 63.4 cm³/mol. The molecule has 5 nitrogen and oxygen atoms in total. The summed E-state index contributed by atoms with van der Waals surface area (Å²) in [5.74, 6) is -0.498. The van der Waals surface area contributed by atoms with Gasteiger partial charge in [-0.1, -0.05) is 17.3 Å². The number of carbonyl (C=O) groups excluding carboxylic acids is 1. The van der Waals surface area contributed by atoms with E-state index in [4.69, 9.17) is 4.74 Å². The number of fused-ring (bicyclic) bond motifs is 1. The highest BCUT2D eigenvalue weighted by Gasteiger charge is 2.24. The molecule has 0 spiro atoms. The predicted octanol–water partition coefficient (Wildman–Crippen LogP) is 1.80. The van der Waals surface area contributed by atoms with Crippen molar-refractivity contribution in [3.05, 3.63) is 24.3 Å². The maximum atomic E-state index is 11.5. The summed E-state index contributed by atoms with van der Waals surface area (Å²) in [4.78, 5) is 11.5. The van der Waals surface area contributed by atoms with Crippen LogP contribution in [0.4, 0.5) is 0 Å². The Balaban J connectivity index is 2.36. The molecule has 1 aromatic carbocycles. The Morgan fingerprint density at radius 1 is 1.35 bits per heavy atom. The average molecular weight is 233 g/mol. The van der Waals surface area contributed by atoms with Gasteiger partial charge in [0, 0.05) is 0 Å². The molecule has 0 aliphatic rings. The Bertz CT molecular complexity index is 535. The summed E-state index contributed by atoms with van der Waals surface area (Å²) in [5, 5.41) is 8.16. The minimum absolute atomic E-state index is 0.0881. The van der Waals surface area contributed by atoms with E-state index >= 15 is 0 Å². The van der Waals surface area contributed by atoms with Crippen LogP contribution in [0.3, 0.4) is 0 Å². The lowest BCUT2D eigenvalue weighted by Gasteiger charge is -2.18. The van der Waals surface area contributed by atoms with Gasteiger partial charge in [0.15, 0.2) is 0 Å². The number of aromatic nitrogens is 3. The molecule has 0 aliphatic carbocycles. The fourth-order valence-electron chi connectivity index (χ4n) is 1.78. The van der Waals surface area contributed by atoms with Gasteiger partial charge < -0.3 is 4.74 Å². The van der Waals surface area contributed by atoms with Gasteiger partial charge in [0.05, 0.1) is 24.6 Å². The molecule has 1 heterocycles. The number of methoxy groups -OCH3 is 1. The highest BCUT2D eigenvalue weighted by atomic mass is 16.5. The van der Waals surface area contributed by atoms with Gasteiger partial charge in [0.2, 0.25) is 0 Å². The van der Waals surface area contributed by atoms with Gasteiger partial charge in [-0.3, -0.25) is 4.79 Å². The maximum absolute atomic E-state index is 11.5. The van der Waals surface area contributed by atoms with Crippen molar-refractivity contribution in [1.29, 1.82) is 0 Å². The summed E-state index contributed by atoms with van der Waals surface area (Å²) < 4.78 is 6.50. The molecule has 5 heteroatoms. The van der Waals surface area contributed by atoms with Gasteiger partial charge in [-0.05, 0) is 26.0 Å². The fraction of sp³-hybridized carbons (Fsp3) is 0.417. The molecule has 2 atom stereocenters. The molecule has 17 heavy (non-hydrogen) atoms. The number of hydrogen-bond donors (Lipinski definition) is 0. The van der Waals surface area contributed by atoms with Gasteiger partial charge in [0.1, 0.15) is 5.52 Å². The van der Waals surface area contributed by atoms with E-state index in [-0.39, 0.29) is 17.9 Å². The third-order valence-electron chi connectivity index (χ3n) is 3.06. The molecular formula is C12H15N3O2. The lowest BCUT2D eigenvalue weighted by Crippen LogP contribution is -2.23. The Kier molecular flexibility index (Phi) is 3.08. The van der Waals surface area contributed by atoms with E-state index in [1.807, 2.05) is 38.1 Å². The largest absolute Gasteiger partial charge is 0.469 e. The van der Waals surface area contributed by atoms with E-state index in [2.05, 4.69) is 10.3 Å². The number of ether oxygens (including phenoxy) is 1. The van der Waals surface area contributed by atoms with Gasteiger partial charge >= 0.3 is 5.97 Å². The molecule has 0 N–H and O–H groups in total. The van der Waals surface area contributed by atoms with Crippen molar-refractivity contribution in [2.24, 2.45) is 5.92 Å².